The minimum atomic E-state index is -1.01. The average molecular weight is 270 g/mol. The van der Waals surface area contributed by atoms with Crippen molar-refractivity contribution in [3.05, 3.63) is 0 Å². The zero-order valence-corrected chi connectivity index (χ0v) is 11.1. The molecule has 108 valence electrons. The fourth-order valence-electron chi connectivity index (χ4n) is 2.67. The van der Waals surface area contributed by atoms with Crippen LogP contribution in [0.2, 0.25) is 0 Å². The molecule has 1 saturated heterocycles. The van der Waals surface area contributed by atoms with Crippen molar-refractivity contribution in [1.29, 1.82) is 0 Å². The number of nitrogens with zero attached hydrogens (tertiary/aromatic N) is 1. The SMILES string of the molecule is O=C(O)C1CN(C(=O)NC2CCCCCC2)CCO1. The van der Waals surface area contributed by atoms with Gasteiger partial charge < -0.3 is 20.1 Å². The van der Waals surface area contributed by atoms with Crippen molar-refractivity contribution in [3.8, 4) is 0 Å². The molecule has 6 heteroatoms. The highest BCUT2D eigenvalue weighted by molar-refractivity contribution is 5.77. The van der Waals surface area contributed by atoms with Gasteiger partial charge in [-0.05, 0) is 12.8 Å². The lowest BCUT2D eigenvalue weighted by Gasteiger charge is -2.32. The molecule has 1 unspecified atom stereocenters. The highest BCUT2D eigenvalue weighted by atomic mass is 16.5. The van der Waals surface area contributed by atoms with Crippen LogP contribution in [-0.4, -0.2) is 53.8 Å². The molecule has 1 saturated carbocycles. The van der Waals surface area contributed by atoms with E-state index in [1.54, 1.807) is 4.90 Å². The number of morpholine rings is 1. The number of amides is 2. The van der Waals surface area contributed by atoms with Crippen LogP contribution in [0.5, 0.6) is 0 Å². The van der Waals surface area contributed by atoms with Gasteiger partial charge >= 0.3 is 12.0 Å². The molecule has 0 radical (unpaired) electrons. The van der Waals surface area contributed by atoms with Crippen molar-refractivity contribution in [2.75, 3.05) is 19.7 Å². The summed E-state index contributed by atoms with van der Waals surface area (Å²) in [4.78, 5) is 24.5. The molecule has 2 aliphatic rings. The molecule has 0 aromatic rings. The van der Waals surface area contributed by atoms with Crippen LogP contribution in [0.1, 0.15) is 38.5 Å². The van der Waals surface area contributed by atoms with Gasteiger partial charge in [-0.25, -0.2) is 9.59 Å². The largest absolute Gasteiger partial charge is 0.479 e. The van der Waals surface area contributed by atoms with Crippen molar-refractivity contribution < 1.29 is 19.4 Å². The van der Waals surface area contributed by atoms with Gasteiger partial charge in [0.1, 0.15) is 0 Å². The molecule has 19 heavy (non-hydrogen) atoms. The Hall–Kier alpha value is -1.30. The van der Waals surface area contributed by atoms with Gasteiger partial charge in [0.15, 0.2) is 6.10 Å². The van der Waals surface area contributed by atoms with Crippen molar-refractivity contribution in [2.24, 2.45) is 0 Å². The first-order valence-electron chi connectivity index (χ1n) is 7.06. The highest BCUT2D eigenvalue weighted by Gasteiger charge is 2.29. The predicted molar refractivity (Wildman–Crippen MR) is 69.0 cm³/mol. The van der Waals surface area contributed by atoms with E-state index in [0.717, 1.165) is 25.7 Å². The number of urea groups is 1. The smallest absolute Gasteiger partial charge is 0.334 e. The number of carboxylic acid groups (broad SMARTS) is 1. The molecule has 1 heterocycles. The van der Waals surface area contributed by atoms with E-state index in [2.05, 4.69) is 5.32 Å². The van der Waals surface area contributed by atoms with Crippen molar-refractivity contribution in [2.45, 2.75) is 50.7 Å². The summed E-state index contributed by atoms with van der Waals surface area (Å²) in [7, 11) is 0. The fraction of sp³-hybridized carbons (Fsp3) is 0.846. The molecule has 0 aromatic heterocycles. The quantitative estimate of drug-likeness (QED) is 0.739. The lowest BCUT2D eigenvalue weighted by Crippen LogP contribution is -2.53. The Labute approximate surface area is 113 Å². The van der Waals surface area contributed by atoms with Crippen LogP contribution in [0.3, 0.4) is 0 Å². The first-order chi connectivity index (χ1) is 9.16. The molecule has 0 spiro atoms. The number of carbonyl (C=O) groups excluding carboxylic acids is 1. The molecule has 6 nitrogen and oxygen atoms in total. The third-order valence-corrected chi connectivity index (χ3v) is 3.81. The lowest BCUT2D eigenvalue weighted by molar-refractivity contribution is -0.154. The molecule has 2 fully saturated rings. The lowest BCUT2D eigenvalue weighted by atomic mass is 10.1. The Bertz CT molecular complexity index is 327. The summed E-state index contributed by atoms with van der Waals surface area (Å²) in [5.74, 6) is -1.01. The Morgan fingerprint density at radius 1 is 1.16 bits per heavy atom. The normalized spacial score (nSPS) is 25.7. The van der Waals surface area contributed by atoms with E-state index in [-0.39, 0.29) is 25.2 Å². The summed E-state index contributed by atoms with van der Waals surface area (Å²) in [6.07, 6.45) is 5.96. The predicted octanol–water partition coefficient (Wildman–Crippen LogP) is 1.20. The number of carbonyl (C=O) groups is 2. The van der Waals surface area contributed by atoms with Crippen LogP contribution < -0.4 is 5.32 Å². The van der Waals surface area contributed by atoms with E-state index in [1.165, 1.54) is 12.8 Å². The molecule has 1 aliphatic heterocycles. The number of hydrogen-bond acceptors (Lipinski definition) is 3. The summed E-state index contributed by atoms with van der Waals surface area (Å²) in [6, 6.07) is 0.0857. The molecule has 0 bridgehead atoms. The maximum absolute atomic E-state index is 12.1. The zero-order chi connectivity index (χ0) is 13.7. The van der Waals surface area contributed by atoms with E-state index in [4.69, 9.17) is 9.84 Å². The first kappa shape index (κ1) is 14.1. The maximum Gasteiger partial charge on any atom is 0.334 e. The van der Waals surface area contributed by atoms with Crippen molar-refractivity contribution in [1.82, 2.24) is 10.2 Å². The zero-order valence-electron chi connectivity index (χ0n) is 11.1. The number of carboxylic acids is 1. The first-order valence-corrected chi connectivity index (χ1v) is 7.06. The van der Waals surface area contributed by atoms with Crippen molar-refractivity contribution >= 4 is 12.0 Å². The van der Waals surface area contributed by atoms with E-state index in [0.29, 0.717) is 6.54 Å². The van der Waals surface area contributed by atoms with Gasteiger partial charge in [0.2, 0.25) is 0 Å². The van der Waals surface area contributed by atoms with E-state index >= 15 is 0 Å². The monoisotopic (exact) mass is 270 g/mol. The summed E-state index contributed by atoms with van der Waals surface area (Å²) in [6.45, 7) is 0.880. The van der Waals surface area contributed by atoms with E-state index < -0.39 is 12.1 Å². The Morgan fingerprint density at radius 3 is 2.47 bits per heavy atom. The summed E-state index contributed by atoms with van der Waals surface area (Å²) in [5, 5.41) is 11.9. The second-order valence-corrected chi connectivity index (χ2v) is 5.28. The highest BCUT2D eigenvalue weighted by Crippen LogP contribution is 2.17. The number of ether oxygens (including phenoxy) is 1. The summed E-state index contributed by atoms with van der Waals surface area (Å²) < 4.78 is 5.11. The number of rotatable bonds is 2. The average Bonchev–Trinajstić information content (AvgIpc) is 2.67. The van der Waals surface area contributed by atoms with Gasteiger partial charge in [0, 0.05) is 12.6 Å². The molecule has 1 atom stereocenters. The third-order valence-electron chi connectivity index (χ3n) is 3.81. The van der Waals surface area contributed by atoms with Gasteiger partial charge in [0.05, 0.1) is 13.2 Å². The number of aliphatic carboxylic acids is 1. The Balaban J connectivity index is 1.83. The second-order valence-electron chi connectivity index (χ2n) is 5.28. The molecule has 2 rings (SSSR count). The van der Waals surface area contributed by atoms with Gasteiger partial charge in [0.25, 0.3) is 0 Å². The van der Waals surface area contributed by atoms with Crippen LogP contribution in [0.4, 0.5) is 4.79 Å². The maximum atomic E-state index is 12.1. The Morgan fingerprint density at radius 2 is 1.84 bits per heavy atom. The number of hydrogen-bond donors (Lipinski definition) is 2. The topological polar surface area (TPSA) is 78.9 Å². The number of nitrogens with one attached hydrogen (secondary N) is 1. The molecule has 1 aliphatic carbocycles. The van der Waals surface area contributed by atoms with Crippen molar-refractivity contribution in [3.63, 3.8) is 0 Å². The minimum absolute atomic E-state index is 0.133. The summed E-state index contributed by atoms with van der Waals surface area (Å²) in [5.41, 5.74) is 0. The third kappa shape index (κ3) is 4.09. The van der Waals surface area contributed by atoms with Crippen LogP contribution >= 0.6 is 0 Å². The molecule has 2 N–H and O–H groups in total. The molecular formula is C13H22N2O4. The van der Waals surface area contributed by atoms with Crippen LogP contribution in [0.25, 0.3) is 0 Å². The van der Waals surface area contributed by atoms with Crippen LogP contribution in [-0.2, 0) is 9.53 Å². The second kappa shape index (κ2) is 6.75. The Kier molecular flexibility index (Phi) is 5.01. The standard InChI is InChI=1S/C13H22N2O4/c16-12(17)11-9-15(7-8-19-11)13(18)14-10-5-3-1-2-4-6-10/h10-11H,1-9H2,(H,14,18)(H,16,17). The van der Waals surface area contributed by atoms with E-state index in [1.807, 2.05) is 0 Å². The van der Waals surface area contributed by atoms with Gasteiger partial charge in [-0.15, -0.1) is 0 Å². The van der Waals surface area contributed by atoms with Gasteiger partial charge in [-0.1, -0.05) is 25.7 Å². The summed E-state index contributed by atoms with van der Waals surface area (Å²) >= 11 is 0. The fourth-order valence-corrected chi connectivity index (χ4v) is 2.67. The van der Waals surface area contributed by atoms with E-state index in [9.17, 15) is 9.59 Å². The molecule has 2 amide bonds. The van der Waals surface area contributed by atoms with Crippen LogP contribution in [0.15, 0.2) is 0 Å². The van der Waals surface area contributed by atoms with Crippen LogP contribution in [0, 0.1) is 0 Å². The minimum Gasteiger partial charge on any atom is -0.479 e. The molecular weight excluding hydrogens is 248 g/mol. The van der Waals surface area contributed by atoms with Gasteiger partial charge in [-0.2, -0.15) is 0 Å². The molecule has 0 aromatic carbocycles. The van der Waals surface area contributed by atoms with Gasteiger partial charge in [-0.3, -0.25) is 0 Å².